The zero-order valence-corrected chi connectivity index (χ0v) is 15.8. The normalized spacial score (nSPS) is 21.8. The van der Waals surface area contributed by atoms with Crippen molar-refractivity contribution in [2.75, 3.05) is 0 Å². The monoisotopic (exact) mass is 338 g/mol. The van der Waals surface area contributed by atoms with Gasteiger partial charge in [-0.15, -0.1) is 0 Å². The van der Waals surface area contributed by atoms with Crippen molar-refractivity contribution in [2.45, 2.75) is 64.5 Å². The first-order valence-corrected chi connectivity index (χ1v) is 9.23. The second-order valence-corrected chi connectivity index (χ2v) is 8.21. The molecule has 4 N–H and O–H groups in total. The molecule has 3 heteroatoms. The Labute approximate surface area is 151 Å². The Hall–Kier alpha value is -2.00. The highest BCUT2D eigenvalue weighted by atomic mass is 16.3. The van der Waals surface area contributed by atoms with E-state index in [4.69, 9.17) is 5.73 Å². The van der Waals surface area contributed by atoms with Gasteiger partial charge in [0.05, 0.1) is 0 Å². The summed E-state index contributed by atoms with van der Waals surface area (Å²) in [6.07, 6.45) is 9.59. The molecule has 0 amide bonds. The molecule has 2 aliphatic rings. The summed E-state index contributed by atoms with van der Waals surface area (Å²) in [6.45, 7) is 8.49. The number of para-hydroxylation sites is 1. The van der Waals surface area contributed by atoms with Crippen molar-refractivity contribution in [1.29, 1.82) is 0 Å². The van der Waals surface area contributed by atoms with Gasteiger partial charge in [-0.3, -0.25) is 0 Å². The SMILES string of the molecule is CC(NC1CC=CC2=C1C(N)=CCC2)c1cccc(C(C)(C)C)c1O. The summed E-state index contributed by atoms with van der Waals surface area (Å²) >= 11 is 0. The molecule has 3 nitrogen and oxygen atoms in total. The number of aromatic hydroxyl groups is 1. The lowest BCUT2D eigenvalue weighted by Gasteiger charge is -2.32. The summed E-state index contributed by atoms with van der Waals surface area (Å²) in [5.74, 6) is 0.405. The fourth-order valence-corrected chi connectivity index (χ4v) is 3.93. The molecule has 0 radical (unpaired) electrons. The molecule has 3 rings (SSSR count). The highest BCUT2D eigenvalue weighted by Crippen LogP contribution is 2.37. The molecular formula is C22H30N2O. The standard InChI is InChI=1S/C22H30N2O/c1-14(16-10-7-11-17(21(16)25)22(2,3)4)24-19-13-6-9-15-8-5-12-18(23)20(15)19/h6-7,9-12,14,19,24-25H,5,8,13,23H2,1-4H3. The molecule has 2 unspecified atom stereocenters. The van der Waals surface area contributed by atoms with Crippen LogP contribution >= 0.6 is 0 Å². The van der Waals surface area contributed by atoms with E-state index in [0.29, 0.717) is 5.75 Å². The number of hydrogen-bond donors (Lipinski definition) is 3. The van der Waals surface area contributed by atoms with E-state index in [1.54, 1.807) is 0 Å². The molecule has 0 bridgehead atoms. The van der Waals surface area contributed by atoms with Gasteiger partial charge in [0, 0.05) is 23.3 Å². The maximum atomic E-state index is 10.8. The van der Waals surface area contributed by atoms with Gasteiger partial charge < -0.3 is 16.2 Å². The van der Waals surface area contributed by atoms with Gasteiger partial charge >= 0.3 is 0 Å². The van der Waals surface area contributed by atoms with E-state index in [0.717, 1.165) is 36.1 Å². The zero-order valence-electron chi connectivity index (χ0n) is 15.8. The molecule has 1 aromatic carbocycles. The average Bonchev–Trinajstić information content (AvgIpc) is 2.54. The number of nitrogens with two attached hydrogens (primary N) is 1. The largest absolute Gasteiger partial charge is 0.507 e. The van der Waals surface area contributed by atoms with Crippen LogP contribution in [0.1, 0.15) is 64.1 Å². The molecule has 1 aromatic rings. The Balaban J connectivity index is 1.86. The first-order valence-electron chi connectivity index (χ1n) is 9.23. The molecule has 0 aromatic heterocycles. The molecule has 0 aliphatic heterocycles. The zero-order chi connectivity index (χ0) is 18.2. The Morgan fingerprint density at radius 3 is 2.76 bits per heavy atom. The van der Waals surface area contributed by atoms with Gasteiger partial charge in [-0.1, -0.05) is 57.2 Å². The minimum absolute atomic E-state index is 0.0438. The Morgan fingerprint density at radius 2 is 2.04 bits per heavy atom. The van der Waals surface area contributed by atoms with Crippen molar-refractivity contribution in [3.63, 3.8) is 0 Å². The molecule has 0 fully saturated rings. The maximum Gasteiger partial charge on any atom is 0.124 e. The number of phenolic OH excluding ortho intramolecular Hbond substituents is 1. The van der Waals surface area contributed by atoms with Crippen LogP contribution in [0.4, 0.5) is 0 Å². The molecule has 0 heterocycles. The van der Waals surface area contributed by atoms with Gasteiger partial charge in [0.1, 0.15) is 5.75 Å². The van der Waals surface area contributed by atoms with Gasteiger partial charge in [0.25, 0.3) is 0 Å². The summed E-state index contributed by atoms with van der Waals surface area (Å²) in [5.41, 5.74) is 11.6. The predicted octanol–water partition coefficient (Wildman–Crippen LogP) is 4.60. The summed E-state index contributed by atoms with van der Waals surface area (Å²) < 4.78 is 0. The van der Waals surface area contributed by atoms with Crippen LogP contribution in [0.3, 0.4) is 0 Å². The number of rotatable bonds is 3. The van der Waals surface area contributed by atoms with Gasteiger partial charge in [0.2, 0.25) is 0 Å². The first-order chi connectivity index (χ1) is 11.8. The number of phenols is 1. The van der Waals surface area contributed by atoms with Crippen LogP contribution in [0.25, 0.3) is 0 Å². The van der Waals surface area contributed by atoms with Crippen LogP contribution in [-0.4, -0.2) is 11.1 Å². The Kier molecular flexibility index (Phi) is 4.79. The fraction of sp³-hybridized carbons (Fsp3) is 0.455. The van der Waals surface area contributed by atoms with E-state index in [1.807, 2.05) is 18.2 Å². The second kappa shape index (κ2) is 6.72. The lowest BCUT2D eigenvalue weighted by Crippen LogP contribution is -2.37. The van der Waals surface area contributed by atoms with Crippen LogP contribution in [0.15, 0.2) is 53.3 Å². The van der Waals surface area contributed by atoms with Crippen molar-refractivity contribution >= 4 is 0 Å². The second-order valence-electron chi connectivity index (χ2n) is 8.21. The molecule has 0 saturated carbocycles. The fourth-order valence-electron chi connectivity index (χ4n) is 3.93. The topological polar surface area (TPSA) is 58.3 Å². The smallest absolute Gasteiger partial charge is 0.124 e. The summed E-state index contributed by atoms with van der Waals surface area (Å²) in [6, 6.07) is 6.30. The molecule has 0 saturated heterocycles. The van der Waals surface area contributed by atoms with Gasteiger partial charge in [-0.2, -0.15) is 0 Å². The minimum Gasteiger partial charge on any atom is -0.507 e. The van der Waals surface area contributed by atoms with Crippen molar-refractivity contribution in [3.05, 3.63) is 64.4 Å². The minimum atomic E-state index is -0.0837. The number of benzene rings is 1. The summed E-state index contributed by atoms with van der Waals surface area (Å²) in [4.78, 5) is 0. The van der Waals surface area contributed by atoms with E-state index in [-0.39, 0.29) is 17.5 Å². The molecule has 0 spiro atoms. The van der Waals surface area contributed by atoms with E-state index < -0.39 is 0 Å². The van der Waals surface area contributed by atoms with Crippen LogP contribution in [0.5, 0.6) is 5.75 Å². The van der Waals surface area contributed by atoms with Crippen LogP contribution in [-0.2, 0) is 5.41 Å². The predicted molar refractivity (Wildman–Crippen MR) is 104 cm³/mol. The summed E-state index contributed by atoms with van der Waals surface area (Å²) in [5, 5.41) is 14.5. The van der Waals surface area contributed by atoms with Crippen LogP contribution < -0.4 is 11.1 Å². The summed E-state index contributed by atoms with van der Waals surface area (Å²) in [7, 11) is 0. The van der Waals surface area contributed by atoms with E-state index in [2.05, 4.69) is 51.2 Å². The third-order valence-electron chi connectivity index (χ3n) is 5.27. The van der Waals surface area contributed by atoms with Gasteiger partial charge in [0.15, 0.2) is 0 Å². The van der Waals surface area contributed by atoms with Gasteiger partial charge in [-0.05, 0) is 48.3 Å². The lowest BCUT2D eigenvalue weighted by atomic mass is 9.83. The van der Waals surface area contributed by atoms with Crippen molar-refractivity contribution in [2.24, 2.45) is 5.73 Å². The quantitative estimate of drug-likeness (QED) is 0.755. The average molecular weight is 338 g/mol. The van der Waals surface area contributed by atoms with Crippen molar-refractivity contribution in [1.82, 2.24) is 5.32 Å². The van der Waals surface area contributed by atoms with Crippen molar-refractivity contribution < 1.29 is 5.11 Å². The first kappa shape index (κ1) is 17.8. The molecule has 25 heavy (non-hydrogen) atoms. The number of nitrogens with one attached hydrogen (secondary N) is 1. The highest BCUT2D eigenvalue weighted by molar-refractivity contribution is 5.49. The third-order valence-corrected chi connectivity index (χ3v) is 5.27. The molecule has 2 aliphatic carbocycles. The maximum absolute atomic E-state index is 10.8. The van der Waals surface area contributed by atoms with Crippen LogP contribution in [0.2, 0.25) is 0 Å². The number of allylic oxidation sites excluding steroid dienone is 3. The van der Waals surface area contributed by atoms with E-state index in [1.165, 1.54) is 11.1 Å². The number of hydrogen-bond acceptors (Lipinski definition) is 3. The highest BCUT2D eigenvalue weighted by Gasteiger charge is 2.27. The van der Waals surface area contributed by atoms with Gasteiger partial charge in [-0.25, -0.2) is 0 Å². The lowest BCUT2D eigenvalue weighted by molar-refractivity contribution is 0.420. The molecule has 2 atom stereocenters. The molecular weight excluding hydrogens is 308 g/mol. The van der Waals surface area contributed by atoms with E-state index >= 15 is 0 Å². The Morgan fingerprint density at radius 1 is 1.28 bits per heavy atom. The Bertz CT molecular complexity index is 750. The molecule has 134 valence electrons. The van der Waals surface area contributed by atoms with Crippen molar-refractivity contribution in [3.8, 4) is 5.75 Å². The van der Waals surface area contributed by atoms with E-state index in [9.17, 15) is 5.11 Å². The third kappa shape index (κ3) is 3.52. The van der Waals surface area contributed by atoms with Crippen LogP contribution in [0, 0.1) is 0 Å².